The average Bonchev–Trinajstić information content (AvgIpc) is 2.28. The van der Waals surface area contributed by atoms with Gasteiger partial charge in [-0.2, -0.15) is 0 Å². The van der Waals surface area contributed by atoms with Crippen molar-refractivity contribution in [1.29, 1.82) is 0 Å². The van der Waals surface area contributed by atoms with Gasteiger partial charge in [-0.25, -0.2) is 4.79 Å². The first kappa shape index (κ1) is 11.9. The summed E-state index contributed by atoms with van der Waals surface area (Å²) >= 11 is 0. The number of amides is 2. The summed E-state index contributed by atoms with van der Waals surface area (Å²) in [6, 6.07) is 9.76. The molecule has 4 nitrogen and oxygen atoms in total. The minimum Gasteiger partial charge on any atom is -0.374 e. The lowest BCUT2D eigenvalue weighted by atomic mass is 10.0. The smallest absolute Gasteiger partial charge is 0.320 e. The van der Waals surface area contributed by atoms with Gasteiger partial charge in [-0.15, -0.1) is 0 Å². The van der Waals surface area contributed by atoms with Crippen LogP contribution in [0.3, 0.4) is 0 Å². The van der Waals surface area contributed by atoms with Crippen LogP contribution >= 0.6 is 0 Å². The van der Waals surface area contributed by atoms with Crippen LogP contribution in [0, 0.1) is 0 Å². The SMILES string of the molecule is C[C@H](c1ccccc1)N1C(=O)NC(O)C[C@@H]1C. The van der Waals surface area contributed by atoms with E-state index >= 15 is 0 Å². The second kappa shape index (κ2) is 4.75. The van der Waals surface area contributed by atoms with Gasteiger partial charge in [-0.3, -0.25) is 0 Å². The van der Waals surface area contributed by atoms with Crippen molar-refractivity contribution in [1.82, 2.24) is 10.2 Å². The highest BCUT2D eigenvalue weighted by molar-refractivity contribution is 5.76. The van der Waals surface area contributed by atoms with Gasteiger partial charge in [0.2, 0.25) is 0 Å². The van der Waals surface area contributed by atoms with Crippen LogP contribution < -0.4 is 5.32 Å². The van der Waals surface area contributed by atoms with Crippen molar-refractivity contribution in [2.45, 2.75) is 38.6 Å². The Bertz CT molecular complexity index is 394. The van der Waals surface area contributed by atoms with E-state index in [1.54, 1.807) is 4.90 Å². The normalized spacial score (nSPS) is 26.5. The first-order valence-electron chi connectivity index (χ1n) is 5.91. The van der Waals surface area contributed by atoms with Crippen LogP contribution in [0.5, 0.6) is 0 Å². The number of hydrogen-bond donors (Lipinski definition) is 2. The quantitative estimate of drug-likeness (QED) is 0.820. The molecule has 0 aromatic heterocycles. The predicted molar refractivity (Wildman–Crippen MR) is 65.3 cm³/mol. The Kier molecular flexibility index (Phi) is 3.33. The van der Waals surface area contributed by atoms with E-state index in [-0.39, 0.29) is 18.1 Å². The standard InChI is InChI=1S/C13H18N2O2/c1-9-8-12(16)14-13(17)15(9)10(2)11-6-4-3-5-7-11/h3-7,9-10,12,16H,8H2,1-2H3,(H,14,17)/t9-,10+,12?/m0/s1. The molecule has 1 unspecified atom stereocenters. The van der Waals surface area contributed by atoms with E-state index in [4.69, 9.17) is 0 Å². The van der Waals surface area contributed by atoms with Gasteiger partial charge in [-0.05, 0) is 19.4 Å². The topological polar surface area (TPSA) is 52.6 Å². The Hall–Kier alpha value is -1.55. The molecule has 2 amide bonds. The van der Waals surface area contributed by atoms with Crippen molar-refractivity contribution in [3.8, 4) is 0 Å². The summed E-state index contributed by atoms with van der Waals surface area (Å²) in [5, 5.41) is 12.0. The number of aliphatic hydroxyl groups excluding tert-OH is 1. The number of aliphatic hydroxyl groups is 1. The Morgan fingerprint density at radius 3 is 2.65 bits per heavy atom. The van der Waals surface area contributed by atoms with E-state index in [2.05, 4.69) is 5.32 Å². The van der Waals surface area contributed by atoms with Crippen molar-refractivity contribution < 1.29 is 9.90 Å². The highest BCUT2D eigenvalue weighted by Gasteiger charge is 2.33. The minimum atomic E-state index is -0.725. The molecule has 0 aliphatic carbocycles. The molecule has 4 heteroatoms. The molecule has 1 aromatic rings. The summed E-state index contributed by atoms with van der Waals surface area (Å²) in [5.41, 5.74) is 1.10. The van der Waals surface area contributed by atoms with E-state index in [0.29, 0.717) is 6.42 Å². The second-order valence-corrected chi connectivity index (χ2v) is 4.54. The Morgan fingerprint density at radius 2 is 2.06 bits per heavy atom. The van der Waals surface area contributed by atoms with Gasteiger partial charge < -0.3 is 15.3 Å². The first-order chi connectivity index (χ1) is 8.09. The van der Waals surface area contributed by atoms with Crippen molar-refractivity contribution in [2.24, 2.45) is 0 Å². The summed E-state index contributed by atoms with van der Waals surface area (Å²) in [7, 11) is 0. The third-order valence-electron chi connectivity index (χ3n) is 3.26. The van der Waals surface area contributed by atoms with Crippen molar-refractivity contribution in [3.63, 3.8) is 0 Å². The number of carbonyl (C=O) groups excluding carboxylic acids is 1. The molecule has 1 aromatic carbocycles. The number of nitrogens with zero attached hydrogens (tertiary/aromatic N) is 1. The van der Waals surface area contributed by atoms with Crippen molar-refractivity contribution in [2.75, 3.05) is 0 Å². The average molecular weight is 234 g/mol. The van der Waals surface area contributed by atoms with Crippen LogP contribution in [0.15, 0.2) is 30.3 Å². The minimum absolute atomic E-state index is 0.0127. The lowest BCUT2D eigenvalue weighted by molar-refractivity contribution is 0.0461. The zero-order chi connectivity index (χ0) is 12.4. The summed E-state index contributed by atoms with van der Waals surface area (Å²) in [6.45, 7) is 3.96. The summed E-state index contributed by atoms with van der Waals surface area (Å²) in [5.74, 6) is 0. The lowest BCUT2D eigenvalue weighted by Crippen LogP contribution is -2.56. The Morgan fingerprint density at radius 1 is 1.41 bits per heavy atom. The van der Waals surface area contributed by atoms with Gasteiger partial charge >= 0.3 is 6.03 Å². The summed E-state index contributed by atoms with van der Waals surface area (Å²) in [6.07, 6.45) is -0.167. The molecular formula is C13H18N2O2. The predicted octanol–water partition coefficient (Wildman–Crippen LogP) is 1.87. The van der Waals surface area contributed by atoms with Crippen molar-refractivity contribution >= 4 is 6.03 Å². The number of carbonyl (C=O) groups is 1. The number of nitrogens with one attached hydrogen (secondary N) is 1. The third kappa shape index (κ3) is 2.42. The molecule has 1 aliphatic rings. The van der Waals surface area contributed by atoms with Gasteiger partial charge in [0.25, 0.3) is 0 Å². The second-order valence-electron chi connectivity index (χ2n) is 4.54. The Labute approximate surface area is 101 Å². The monoisotopic (exact) mass is 234 g/mol. The van der Waals surface area contributed by atoms with E-state index in [1.807, 2.05) is 44.2 Å². The maximum atomic E-state index is 11.9. The maximum absolute atomic E-state index is 11.9. The van der Waals surface area contributed by atoms with Crippen molar-refractivity contribution in [3.05, 3.63) is 35.9 Å². The fourth-order valence-electron chi connectivity index (χ4n) is 2.36. The highest BCUT2D eigenvalue weighted by Crippen LogP contribution is 2.26. The van der Waals surface area contributed by atoms with Gasteiger partial charge in [0, 0.05) is 12.5 Å². The van der Waals surface area contributed by atoms with Crippen LogP contribution in [0.1, 0.15) is 31.9 Å². The fraction of sp³-hybridized carbons (Fsp3) is 0.462. The van der Waals surface area contributed by atoms with E-state index in [1.165, 1.54) is 0 Å². The first-order valence-corrected chi connectivity index (χ1v) is 5.91. The number of benzene rings is 1. The summed E-state index contributed by atoms with van der Waals surface area (Å²) < 4.78 is 0. The molecule has 0 radical (unpaired) electrons. The molecule has 1 saturated heterocycles. The van der Waals surface area contributed by atoms with E-state index in [9.17, 15) is 9.90 Å². The molecule has 1 fully saturated rings. The zero-order valence-corrected chi connectivity index (χ0v) is 10.1. The van der Waals surface area contributed by atoms with Crippen LogP contribution in [0.4, 0.5) is 4.79 Å². The van der Waals surface area contributed by atoms with Gasteiger partial charge in [0.05, 0.1) is 6.04 Å². The molecule has 1 aliphatic heterocycles. The molecule has 0 spiro atoms. The van der Waals surface area contributed by atoms with Gasteiger partial charge in [-0.1, -0.05) is 30.3 Å². The van der Waals surface area contributed by atoms with E-state index < -0.39 is 6.23 Å². The van der Waals surface area contributed by atoms with Crippen LogP contribution in [0.25, 0.3) is 0 Å². The molecular weight excluding hydrogens is 216 g/mol. The van der Waals surface area contributed by atoms with Crippen LogP contribution in [-0.4, -0.2) is 28.3 Å². The Balaban J connectivity index is 2.19. The number of urea groups is 1. The number of rotatable bonds is 2. The molecule has 17 heavy (non-hydrogen) atoms. The van der Waals surface area contributed by atoms with Crippen LogP contribution in [0.2, 0.25) is 0 Å². The fourth-order valence-corrected chi connectivity index (χ4v) is 2.36. The maximum Gasteiger partial charge on any atom is 0.320 e. The molecule has 2 N–H and O–H groups in total. The van der Waals surface area contributed by atoms with Crippen LogP contribution in [-0.2, 0) is 0 Å². The molecule has 3 atom stereocenters. The molecule has 0 bridgehead atoms. The largest absolute Gasteiger partial charge is 0.374 e. The third-order valence-corrected chi connectivity index (χ3v) is 3.26. The lowest BCUT2D eigenvalue weighted by Gasteiger charge is -2.40. The number of hydrogen-bond acceptors (Lipinski definition) is 2. The summed E-state index contributed by atoms with van der Waals surface area (Å²) in [4.78, 5) is 13.7. The van der Waals surface area contributed by atoms with Gasteiger partial charge in [0.1, 0.15) is 6.23 Å². The molecule has 1 heterocycles. The zero-order valence-electron chi connectivity index (χ0n) is 10.1. The molecule has 92 valence electrons. The highest BCUT2D eigenvalue weighted by atomic mass is 16.3. The van der Waals surface area contributed by atoms with E-state index in [0.717, 1.165) is 5.56 Å². The molecule has 2 rings (SSSR count). The molecule has 0 saturated carbocycles. The van der Waals surface area contributed by atoms with Gasteiger partial charge in [0.15, 0.2) is 0 Å².